The Kier molecular flexibility index (Phi) is 5.17. The van der Waals surface area contributed by atoms with Crippen LogP contribution in [-0.2, 0) is 10.0 Å². The largest absolute Gasteiger partial charge is 0.396 e. The normalized spacial score (nSPS) is 20.0. The van der Waals surface area contributed by atoms with Crippen LogP contribution >= 0.6 is 23.4 Å². The van der Waals surface area contributed by atoms with Gasteiger partial charge in [-0.2, -0.15) is 11.8 Å². The minimum Gasteiger partial charge on any atom is -0.396 e. The summed E-state index contributed by atoms with van der Waals surface area (Å²) in [5, 5.41) is 0.107. The third-order valence-corrected chi connectivity index (χ3v) is 6.40. The van der Waals surface area contributed by atoms with Gasteiger partial charge in [-0.05, 0) is 30.7 Å². The van der Waals surface area contributed by atoms with Gasteiger partial charge in [0, 0.05) is 11.8 Å². The topological polar surface area (TPSA) is 72.2 Å². The Labute approximate surface area is 127 Å². The zero-order chi connectivity index (χ0) is 14.8. The number of hydrogen-bond acceptors (Lipinski definition) is 4. The molecule has 1 aromatic rings. The van der Waals surface area contributed by atoms with Crippen LogP contribution in [0.25, 0.3) is 0 Å². The minimum absolute atomic E-state index is 0.166. The Hall–Kier alpha value is -0.500. The first kappa shape index (κ1) is 15.9. The molecule has 1 aliphatic rings. The summed E-state index contributed by atoms with van der Waals surface area (Å²) in [5.41, 5.74) is 5.16. The summed E-state index contributed by atoms with van der Waals surface area (Å²) in [6.45, 7) is 0.348. The van der Waals surface area contributed by atoms with E-state index >= 15 is 0 Å². The van der Waals surface area contributed by atoms with E-state index in [1.807, 2.05) is 0 Å². The van der Waals surface area contributed by atoms with Crippen molar-refractivity contribution in [3.05, 3.63) is 23.0 Å². The van der Waals surface area contributed by atoms with Crippen molar-refractivity contribution in [2.75, 3.05) is 18.0 Å². The summed E-state index contributed by atoms with van der Waals surface area (Å²) in [6.07, 6.45) is 3.28. The second-order valence-corrected chi connectivity index (χ2v) is 8.20. The molecular formula is C12H16ClFN2O2S2. The quantitative estimate of drug-likeness (QED) is 0.828. The molecule has 0 aromatic heterocycles. The Balaban J connectivity index is 2.11. The van der Waals surface area contributed by atoms with Crippen molar-refractivity contribution in [1.82, 2.24) is 4.72 Å². The van der Waals surface area contributed by atoms with Gasteiger partial charge in [0.15, 0.2) is 0 Å². The van der Waals surface area contributed by atoms with Gasteiger partial charge in [-0.25, -0.2) is 17.5 Å². The van der Waals surface area contributed by atoms with Gasteiger partial charge in [0.05, 0.1) is 10.7 Å². The van der Waals surface area contributed by atoms with Gasteiger partial charge in [0.25, 0.3) is 0 Å². The molecule has 1 atom stereocenters. The molecule has 3 N–H and O–H groups in total. The lowest BCUT2D eigenvalue weighted by Gasteiger charge is -2.21. The van der Waals surface area contributed by atoms with Crippen molar-refractivity contribution in [2.45, 2.75) is 29.4 Å². The molecule has 2 rings (SSSR count). The van der Waals surface area contributed by atoms with Crippen LogP contribution in [0.2, 0.25) is 5.02 Å². The van der Waals surface area contributed by atoms with Crippen molar-refractivity contribution in [1.29, 1.82) is 0 Å². The lowest BCUT2D eigenvalue weighted by atomic mass is 10.2. The van der Waals surface area contributed by atoms with Crippen molar-refractivity contribution < 1.29 is 12.8 Å². The SMILES string of the molecule is Nc1cc(S(=O)(=O)NCC2CCCCS2)c(Cl)cc1F. The average Bonchev–Trinajstić information content (AvgIpc) is 2.42. The van der Waals surface area contributed by atoms with E-state index in [-0.39, 0.29) is 20.9 Å². The number of rotatable bonds is 4. The maximum Gasteiger partial charge on any atom is 0.242 e. The van der Waals surface area contributed by atoms with Crippen LogP contribution in [0.5, 0.6) is 0 Å². The maximum absolute atomic E-state index is 13.2. The number of halogens is 2. The molecule has 0 spiro atoms. The van der Waals surface area contributed by atoms with Gasteiger partial charge in [0.2, 0.25) is 10.0 Å². The number of nitrogens with one attached hydrogen (secondary N) is 1. The third-order valence-electron chi connectivity index (χ3n) is 3.12. The van der Waals surface area contributed by atoms with Crippen LogP contribution in [0, 0.1) is 5.82 Å². The van der Waals surface area contributed by atoms with Gasteiger partial charge in [-0.15, -0.1) is 0 Å². The zero-order valence-corrected chi connectivity index (χ0v) is 13.1. The molecule has 1 aromatic carbocycles. The molecule has 1 heterocycles. The van der Waals surface area contributed by atoms with Gasteiger partial charge in [-0.1, -0.05) is 18.0 Å². The summed E-state index contributed by atoms with van der Waals surface area (Å²) in [5.74, 6) is 0.327. The molecule has 1 saturated heterocycles. The number of nitrogens with two attached hydrogens (primary N) is 1. The molecule has 0 saturated carbocycles. The second-order valence-electron chi connectivity index (χ2n) is 4.64. The molecule has 112 valence electrons. The van der Waals surface area contributed by atoms with Crippen LogP contribution in [0.3, 0.4) is 0 Å². The smallest absolute Gasteiger partial charge is 0.242 e. The summed E-state index contributed by atoms with van der Waals surface area (Å²) >= 11 is 7.55. The van der Waals surface area contributed by atoms with Crippen molar-refractivity contribution in [2.24, 2.45) is 0 Å². The molecule has 0 radical (unpaired) electrons. The van der Waals surface area contributed by atoms with Crippen LogP contribution in [0.4, 0.5) is 10.1 Å². The van der Waals surface area contributed by atoms with E-state index in [4.69, 9.17) is 17.3 Å². The van der Waals surface area contributed by atoms with Gasteiger partial charge < -0.3 is 5.73 Å². The Morgan fingerprint density at radius 2 is 2.20 bits per heavy atom. The van der Waals surface area contributed by atoms with E-state index < -0.39 is 15.8 Å². The standard InChI is InChI=1S/C12H16ClFN2O2S2/c13-9-5-10(14)11(15)6-12(9)20(17,18)16-7-8-3-1-2-4-19-8/h5-6,8,16H,1-4,7,15H2. The van der Waals surface area contributed by atoms with Crippen LogP contribution in [0.1, 0.15) is 19.3 Å². The second kappa shape index (κ2) is 6.51. The van der Waals surface area contributed by atoms with Gasteiger partial charge in [0.1, 0.15) is 10.7 Å². The predicted octanol–water partition coefficient (Wildman–Crippen LogP) is 2.63. The molecule has 0 bridgehead atoms. The summed E-state index contributed by atoms with van der Waals surface area (Å²) in [4.78, 5) is -0.182. The lowest BCUT2D eigenvalue weighted by Crippen LogP contribution is -2.32. The fourth-order valence-electron chi connectivity index (χ4n) is 2.00. The predicted molar refractivity (Wildman–Crippen MR) is 81.1 cm³/mol. The highest BCUT2D eigenvalue weighted by Gasteiger charge is 2.22. The molecule has 1 aliphatic heterocycles. The van der Waals surface area contributed by atoms with Crippen LogP contribution in [0.15, 0.2) is 17.0 Å². The number of nitrogen functional groups attached to an aromatic ring is 1. The molecule has 8 heteroatoms. The van der Waals surface area contributed by atoms with Crippen molar-refractivity contribution in [3.8, 4) is 0 Å². The van der Waals surface area contributed by atoms with E-state index in [0.717, 1.165) is 30.7 Å². The maximum atomic E-state index is 13.2. The number of hydrogen-bond donors (Lipinski definition) is 2. The Morgan fingerprint density at radius 1 is 1.45 bits per heavy atom. The molecule has 4 nitrogen and oxygen atoms in total. The molecule has 0 aliphatic carbocycles. The lowest BCUT2D eigenvalue weighted by molar-refractivity contribution is 0.573. The fourth-order valence-corrected chi connectivity index (χ4v) is 4.97. The van der Waals surface area contributed by atoms with E-state index in [0.29, 0.717) is 6.54 Å². The monoisotopic (exact) mass is 338 g/mol. The third kappa shape index (κ3) is 3.78. The Bertz CT molecular complexity index is 589. The first-order chi connectivity index (χ1) is 9.40. The first-order valence-electron chi connectivity index (χ1n) is 6.26. The van der Waals surface area contributed by atoms with Crippen LogP contribution < -0.4 is 10.5 Å². The molecular weight excluding hydrogens is 323 g/mol. The molecule has 1 unspecified atom stereocenters. The number of benzene rings is 1. The number of anilines is 1. The molecule has 1 fully saturated rings. The summed E-state index contributed by atoms with van der Waals surface area (Å²) in [7, 11) is -3.77. The van der Waals surface area contributed by atoms with Crippen molar-refractivity contribution >= 4 is 39.1 Å². The number of sulfonamides is 1. The summed E-state index contributed by atoms with van der Waals surface area (Å²) in [6, 6.07) is 1.97. The summed E-state index contributed by atoms with van der Waals surface area (Å²) < 4.78 is 40.1. The van der Waals surface area contributed by atoms with E-state index in [1.165, 1.54) is 6.42 Å². The van der Waals surface area contributed by atoms with Crippen LogP contribution in [-0.4, -0.2) is 26.0 Å². The van der Waals surface area contributed by atoms with E-state index in [9.17, 15) is 12.8 Å². The first-order valence-corrected chi connectivity index (χ1v) is 9.17. The highest BCUT2D eigenvalue weighted by Crippen LogP contribution is 2.28. The zero-order valence-electron chi connectivity index (χ0n) is 10.7. The molecule has 0 amide bonds. The van der Waals surface area contributed by atoms with E-state index in [2.05, 4.69) is 4.72 Å². The molecule has 20 heavy (non-hydrogen) atoms. The highest BCUT2D eigenvalue weighted by atomic mass is 35.5. The van der Waals surface area contributed by atoms with Gasteiger partial charge >= 0.3 is 0 Å². The van der Waals surface area contributed by atoms with Gasteiger partial charge in [-0.3, -0.25) is 0 Å². The average molecular weight is 339 g/mol. The fraction of sp³-hybridized carbons (Fsp3) is 0.500. The number of thioether (sulfide) groups is 1. The minimum atomic E-state index is -3.77. The highest BCUT2D eigenvalue weighted by molar-refractivity contribution is 8.00. The van der Waals surface area contributed by atoms with E-state index in [1.54, 1.807) is 11.8 Å². The Morgan fingerprint density at radius 3 is 2.85 bits per heavy atom. The van der Waals surface area contributed by atoms with Crippen molar-refractivity contribution in [3.63, 3.8) is 0 Å².